The van der Waals surface area contributed by atoms with Crippen LogP contribution in [0.3, 0.4) is 0 Å². The van der Waals surface area contributed by atoms with Gasteiger partial charge in [-0.1, -0.05) is 35.0 Å². The van der Waals surface area contributed by atoms with Gasteiger partial charge in [-0.15, -0.1) is 0 Å². The second kappa shape index (κ2) is 7.46. The molecule has 2 rings (SSSR count). The maximum absolute atomic E-state index is 13.8. The number of anilines is 1. The van der Waals surface area contributed by atoms with Crippen LogP contribution in [0.4, 0.5) is 10.1 Å². The molecule has 0 aliphatic rings. The Morgan fingerprint density at radius 3 is 2.76 bits per heavy atom. The first-order chi connectivity index (χ1) is 10.1. The summed E-state index contributed by atoms with van der Waals surface area (Å²) in [5, 5.41) is 3.22. The molecule has 4 heteroatoms. The van der Waals surface area contributed by atoms with E-state index in [2.05, 4.69) is 28.2 Å². The minimum atomic E-state index is -0.219. The van der Waals surface area contributed by atoms with E-state index >= 15 is 0 Å². The molecule has 1 unspecified atom stereocenters. The highest BCUT2D eigenvalue weighted by atomic mass is 79.9. The third-order valence-electron chi connectivity index (χ3n) is 3.24. The van der Waals surface area contributed by atoms with E-state index in [1.165, 1.54) is 6.07 Å². The van der Waals surface area contributed by atoms with Crippen molar-refractivity contribution in [2.24, 2.45) is 0 Å². The molecule has 0 amide bonds. The Morgan fingerprint density at radius 1 is 1.24 bits per heavy atom. The smallest absolute Gasteiger partial charge is 0.129 e. The zero-order chi connectivity index (χ0) is 15.2. The molecule has 0 bridgehead atoms. The Morgan fingerprint density at radius 2 is 2.05 bits per heavy atom. The van der Waals surface area contributed by atoms with Gasteiger partial charge in [0, 0.05) is 28.3 Å². The fourth-order valence-electron chi connectivity index (χ4n) is 1.86. The van der Waals surface area contributed by atoms with Crippen LogP contribution in [0.5, 0.6) is 5.75 Å². The Hall–Kier alpha value is -1.55. The molecule has 0 spiro atoms. The molecule has 0 radical (unpaired) electrons. The molecule has 0 aliphatic carbocycles. The van der Waals surface area contributed by atoms with Crippen LogP contribution in [0.15, 0.2) is 46.9 Å². The second-order valence-corrected chi connectivity index (χ2v) is 5.87. The molecular formula is C17H19BrFNO. The van der Waals surface area contributed by atoms with Gasteiger partial charge in [-0.25, -0.2) is 4.39 Å². The zero-order valence-electron chi connectivity index (χ0n) is 12.2. The molecule has 112 valence electrons. The predicted octanol–water partition coefficient (Wildman–Crippen LogP) is 5.38. The fraction of sp³-hybridized carbons (Fsp3) is 0.294. The normalized spacial score (nSPS) is 12.0. The molecule has 21 heavy (non-hydrogen) atoms. The number of hydrogen-bond acceptors (Lipinski definition) is 2. The number of rotatable bonds is 6. The van der Waals surface area contributed by atoms with E-state index in [1.54, 1.807) is 6.07 Å². The standard InChI is InChI=1S/C17H19BrFNO/c1-3-12(2)21-16-6-4-5-15(10-16)20-11-13-7-8-14(18)9-17(13)19/h4-10,12,20H,3,11H2,1-2H3. The van der Waals surface area contributed by atoms with Crippen molar-refractivity contribution in [1.29, 1.82) is 0 Å². The van der Waals surface area contributed by atoms with Gasteiger partial charge in [-0.3, -0.25) is 0 Å². The third-order valence-corrected chi connectivity index (χ3v) is 3.74. The average Bonchev–Trinajstić information content (AvgIpc) is 2.46. The van der Waals surface area contributed by atoms with Crippen LogP contribution < -0.4 is 10.1 Å². The number of ether oxygens (including phenoxy) is 1. The molecule has 1 atom stereocenters. The highest BCUT2D eigenvalue weighted by molar-refractivity contribution is 9.10. The van der Waals surface area contributed by atoms with Crippen LogP contribution in [0.1, 0.15) is 25.8 Å². The SMILES string of the molecule is CCC(C)Oc1cccc(NCc2ccc(Br)cc2F)c1. The molecule has 0 aliphatic heterocycles. The quantitative estimate of drug-likeness (QED) is 0.754. The molecule has 0 fully saturated rings. The highest BCUT2D eigenvalue weighted by Gasteiger charge is 2.04. The molecule has 1 N–H and O–H groups in total. The lowest BCUT2D eigenvalue weighted by Crippen LogP contribution is -2.10. The molecule has 0 saturated carbocycles. The monoisotopic (exact) mass is 351 g/mol. The van der Waals surface area contributed by atoms with E-state index in [0.717, 1.165) is 22.3 Å². The number of nitrogens with one attached hydrogen (secondary N) is 1. The first kappa shape index (κ1) is 15.8. The van der Waals surface area contributed by atoms with Gasteiger partial charge in [-0.2, -0.15) is 0 Å². The summed E-state index contributed by atoms with van der Waals surface area (Å²) in [6.45, 7) is 4.56. The van der Waals surface area contributed by atoms with Gasteiger partial charge in [0.15, 0.2) is 0 Å². The van der Waals surface area contributed by atoms with Crippen molar-refractivity contribution >= 4 is 21.6 Å². The van der Waals surface area contributed by atoms with E-state index in [9.17, 15) is 4.39 Å². The molecular weight excluding hydrogens is 333 g/mol. The summed E-state index contributed by atoms with van der Waals surface area (Å²) in [6.07, 6.45) is 1.14. The van der Waals surface area contributed by atoms with Crippen LogP contribution in [0.2, 0.25) is 0 Å². The minimum absolute atomic E-state index is 0.184. The summed E-state index contributed by atoms with van der Waals surface area (Å²) in [5.41, 5.74) is 1.55. The Bertz CT molecular complexity index is 603. The Kier molecular flexibility index (Phi) is 5.62. The van der Waals surface area contributed by atoms with Crippen molar-refractivity contribution in [2.45, 2.75) is 32.9 Å². The maximum Gasteiger partial charge on any atom is 0.129 e. The topological polar surface area (TPSA) is 21.3 Å². The van der Waals surface area contributed by atoms with Gasteiger partial charge in [0.1, 0.15) is 11.6 Å². The predicted molar refractivity (Wildman–Crippen MR) is 88.2 cm³/mol. The van der Waals surface area contributed by atoms with Crippen LogP contribution in [0.25, 0.3) is 0 Å². The van der Waals surface area contributed by atoms with Crippen LogP contribution in [-0.4, -0.2) is 6.10 Å². The van der Waals surface area contributed by atoms with Gasteiger partial charge in [0.25, 0.3) is 0 Å². The fourth-order valence-corrected chi connectivity index (χ4v) is 2.19. The first-order valence-electron chi connectivity index (χ1n) is 7.03. The van der Waals surface area contributed by atoms with Gasteiger partial charge < -0.3 is 10.1 Å². The lowest BCUT2D eigenvalue weighted by Gasteiger charge is -2.14. The molecule has 0 saturated heterocycles. The van der Waals surface area contributed by atoms with E-state index in [4.69, 9.17) is 4.74 Å². The summed E-state index contributed by atoms with van der Waals surface area (Å²) in [5.74, 6) is 0.606. The summed E-state index contributed by atoms with van der Waals surface area (Å²) in [7, 11) is 0. The lowest BCUT2D eigenvalue weighted by molar-refractivity contribution is 0.217. The number of benzene rings is 2. The molecule has 2 aromatic rings. The van der Waals surface area contributed by atoms with E-state index < -0.39 is 0 Å². The summed E-state index contributed by atoms with van der Waals surface area (Å²) < 4.78 is 20.3. The van der Waals surface area contributed by atoms with Crippen LogP contribution >= 0.6 is 15.9 Å². The van der Waals surface area contributed by atoms with Crippen LogP contribution in [0, 0.1) is 5.82 Å². The summed E-state index contributed by atoms with van der Waals surface area (Å²) in [4.78, 5) is 0. The van der Waals surface area contributed by atoms with Crippen molar-refractivity contribution in [3.63, 3.8) is 0 Å². The van der Waals surface area contributed by atoms with Crippen molar-refractivity contribution in [1.82, 2.24) is 0 Å². The Balaban J connectivity index is 2.01. The summed E-state index contributed by atoms with van der Waals surface area (Å²) >= 11 is 3.25. The van der Waals surface area contributed by atoms with Crippen molar-refractivity contribution in [3.05, 3.63) is 58.3 Å². The maximum atomic E-state index is 13.8. The minimum Gasteiger partial charge on any atom is -0.491 e. The first-order valence-corrected chi connectivity index (χ1v) is 7.82. The highest BCUT2D eigenvalue weighted by Crippen LogP contribution is 2.21. The van der Waals surface area contributed by atoms with Crippen molar-refractivity contribution in [2.75, 3.05) is 5.32 Å². The van der Waals surface area contributed by atoms with Gasteiger partial charge in [0.05, 0.1) is 6.10 Å². The largest absolute Gasteiger partial charge is 0.491 e. The summed E-state index contributed by atoms with van der Waals surface area (Å²) in [6, 6.07) is 12.8. The molecule has 2 nitrogen and oxygen atoms in total. The van der Waals surface area contributed by atoms with Crippen molar-refractivity contribution in [3.8, 4) is 5.75 Å². The van der Waals surface area contributed by atoms with Gasteiger partial charge in [-0.05, 0) is 37.6 Å². The van der Waals surface area contributed by atoms with E-state index in [1.807, 2.05) is 37.3 Å². The van der Waals surface area contributed by atoms with Gasteiger partial charge in [0.2, 0.25) is 0 Å². The molecule has 0 heterocycles. The van der Waals surface area contributed by atoms with Gasteiger partial charge >= 0.3 is 0 Å². The Labute approximate surface area is 133 Å². The number of halogens is 2. The van der Waals surface area contributed by atoms with Crippen molar-refractivity contribution < 1.29 is 9.13 Å². The lowest BCUT2D eigenvalue weighted by atomic mass is 10.2. The number of hydrogen-bond donors (Lipinski definition) is 1. The van der Waals surface area contributed by atoms with E-state index in [-0.39, 0.29) is 11.9 Å². The molecule has 0 aromatic heterocycles. The third kappa shape index (κ3) is 4.74. The zero-order valence-corrected chi connectivity index (χ0v) is 13.8. The average molecular weight is 352 g/mol. The van der Waals surface area contributed by atoms with E-state index in [0.29, 0.717) is 12.1 Å². The second-order valence-electron chi connectivity index (χ2n) is 4.95. The van der Waals surface area contributed by atoms with Crippen LogP contribution in [-0.2, 0) is 6.54 Å². The molecule has 2 aromatic carbocycles.